The first-order valence-corrected chi connectivity index (χ1v) is 14.3. The molecular weight excluding hydrogens is 691 g/mol. The number of hydrogen-bond donors (Lipinski definition) is 5. The number of fused-ring (bicyclic) bond motifs is 1. The van der Waals surface area contributed by atoms with Crippen LogP contribution in [0.3, 0.4) is 0 Å². The standard InChI is InChI=1S/C29H29F9N2O9/c1-47-26(46)40(11-12-6-14(28(33,34)35)8-15(7-12)29(36,37)38)19-10-16(39-18-3-2-13(9-17(18)19)27(30,31)32)4-5-48-25-22(43)20(41)21(42)23(49-25)24(44)45/h2-3,6-9,16,19-23,25,39,41-43H,4-5,10-11H2,1H3,(H,44,45)/t16?,19-,20?,21?,22?,23?,25?/m0/s1. The lowest BCUT2D eigenvalue weighted by atomic mass is 9.89. The molecule has 6 unspecified atom stereocenters. The maximum absolute atomic E-state index is 13.7. The summed E-state index contributed by atoms with van der Waals surface area (Å²) < 4.78 is 138. The predicted molar refractivity (Wildman–Crippen MR) is 145 cm³/mol. The highest BCUT2D eigenvalue weighted by molar-refractivity contribution is 5.73. The lowest BCUT2D eigenvalue weighted by Crippen LogP contribution is -2.60. The van der Waals surface area contributed by atoms with Crippen molar-refractivity contribution in [3.05, 3.63) is 64.2 Å². The first-order valence-electron chi connectivity index (χ1n) is 14.3. The Morgan fingerprint density at radius 3 is 2.00 bits per heavy atom. The van der Waals surface area contributed by atoms with E-state index in [1.54, 1.807) is 0 Å². The van der Waals surface area contributed by atoms with Gasteiger partial charge in [-0.3, -0.25) is 4.90 Å². The Hall–Kier alpha value is -3.85. The quantitative estimate of drug-likeness (QED) is 0.246. The van der Waals surface area contributed by atoms with Crippen LogP contribution >= 0.6 is 0 Å². The highest BCUT2D eigenvalue weighted by Crippen LogP contribution is 2.43. The van der Waals surface area contributed by atoms with Crippen LogP contribution < -0.4 is 5.32 Å². The van der Waals surface area contributed by atoms with Crippen molar-refractivity contribution >= 4 is 17.7 Å². The van der Waals surface area contributed by atoms with Gasteiger partial charge in [0.1, 0.15) is 18.3 Å². The summed E-state index contributed by atoms with van der Waals surface area (Å²) in [6, 6.07) is 0.757. The zero-order chi connectivity index (χ0) is 36.6. The summed E-state index contributed by atoms with van der Waals surface area (Å²) in [5, 5.41) is 42.2. The molecule has 49 heavy (non-hydrogen) atoms. The Kier molecular flexibility index (Phi) is 11.0. The number of hydrogen-bond acceptors (Lipinski definition) is 9. The molecule has 0 radical (unpaired) electrons. The molecule has 20 heteroatoms. The number of aliphatic hydroxyl groups excluding tert-OH is 3. The molecule has 1 fully saturated rings. The number of aliphatic hydroxyl groups is 3. The third-order valence-electron chi connectivity index (χ3n) is 7.95. The fourth-order valence-corrected chi connectivity index (χ4v) is 5.55. The van der Waals surface area contributed by atoms with Crippen LogP contribution in [0.2, 0.25) is 0 Å². The molecule has 0 aromatic heterocycles. The molecule has 1 amide bonds. The molecule has 0 bridgehead atoms. The summed E-state index contributed by atoms with van der Waals surface area (Å²) in [6.07, 6.45) is -26.6. The third kappa shape index (κ3) is 8.66. The molecule has 7 atom stereocenters. The first-order chi connectivity index (χ1) is 22.6. The number of rotatable bonds is 8. The van der Waals surface area contributed by atoms with Gasteiger partial charge in [-0.15, -0.1) is 0 Å². The van der Waals surface area contributed by atoms with E-state index < -0.39 is 109 Å². The van der Waals surface area contributed by atoms with Crippen molar-refractivity contribution in [1.29, 1.82) is 0 Å². The molecule has 4 rings (SSSR count). The van der Waals surface area contributed by atoms with E-state index in [4.69, 9.17) is 14.2 Å². The van der Waals surface area contributed by atoms with Crippen molar-refractivity contribution in [2.75, 3.05) is 19.0 Å². The average molecular weight is 721 g/mol. The number of carbonyl (C=O) groups is 2. The Bertz CT molecular complexity index is 1490. The van der Waals surface area contributed by atoms with Crippen molar-refractivity contribution < 1.29 is 83.7 Å². The summed E-state index contributed by atoms with van der Waals surface area (Å²) in [4.78, 5) is 25.1. The van der Waals surface area contributed by atoms with Gasteiger partial charge in [-0.05, 0) is 60.4 Å². The molecule has 1 saturated heterocycles. The molecule has 0 saturated carbocycles. The van der Waals surface area contributed by atoms with Crippen LogP contribution in [-0.2, 0) is 44.1 Å². The number of aliphatic carboxylic acids is 1. The Labute approximate surface area is 270 Å². The van der Waals surface area contributed by atoms with Crippen LogP contribution in [0.1, 0.15) is 46.7 Å². The Balaban J connectivity index is 1.67. The first kappa shape index (κ1) is 38.0. The molecule has 2 heterocycles. The van der Waals surface area contributed by atoms with Gasteiger partial charge in [0.25, 0.3) is 0 Å². The van der Waals surface area contributed by atoms with Gasteiger partial charge in [0.2, 0.25) is 0 Å². The van der Waals surface area contributed by atoms with Gasteiger partial charge in [-0.2, -0.15) is 39.5 Å². The number of carboxylic acid groups (broad SMARTS) is 1. The van der Waals surface area contributed by atoms with Crippen molar-refractivity contribution in [2.45, 2.75) is 80.7 Å². The van der Waals surface area contributed by atoms with Crippen molar-refractivity contribution in [3.63, 3.8) is 0 Å². The summed E-state index contributed by atoms with van der Waals surface area (Å²) >= 11 is 0. The fourth-order valence-electron chi connectivity index (χ4n) is 5.55. The zero-order valence-corrected chi connectivity index (χ0v) is 25.0. The lowest BCUT2D eigenvalue weighted by Gasteiger charge is -2.40. The van der Waals surface area contributed by atoms with Gasteiger partial charge in [-0.1, -0.05) is 0 Å². The molecule has 2 aliphatic rings. The molecule has 0 spiro atoms. The second-order valence-corrected chi connectivity index (χ2v) is 11.3. The number of anilines is 1. The molecule has 11 nitrogen and oxygen atoms in total. The number of methoxy groups -OCH3 is 1. The van der Waals surface area contributed by atoms with E-state index in [1.165, 1.54) is 0 Å². The van der Waals surface area contributed by atoms with Gasteiger partial charge in [0.15, 0.2) is 12.4 Å². The maximum Gasteiger partial charge on any atom is 0.416 e. The number of benzene rings is 2. The number of amides is 1. The fraction of sp³-hybridized carbons (Fsp3) is 0.517. The van der Waals surface area contributed by atoms with Crippen LogP contribution in [0.25, 0.3) is 0 Å². The van der Waals surface area contributed by atoms with E-state index >= 15 is 0 Å². The summed E-state index contributed by atoms with van der Waals surface area (Å²) in [5.74, 6) is -1.68. The molecule has 272 valence electrons. The monoisotopic (exact) mass is 720 g/mol. The number of ether oxygens (including phenoxy) is 3. The lowest BCUT2D eigenvalue weighted by molar-refractivity contribution is -0.294. The number of alkyl halides is 9. The molecule has 0 aliphatic carbocycles. The molecule has 2 aromatic rings. The van der Waals surface area contributed by atoms with E-state index in [9.17, 15) is 69.5 Å². The zero-order valence-electron chi connectivity index (χ0n) is 25.0. The molecule has 2 aromatic carbocycles. The third-order valence-corrected chi connectivity index (χ3v) is 7.95. The number of carboxylic acids is 1. The van der Waals surface area contributed by atoms with E-state index in [1.807, 2.05) is 0 Å². The second kappa shape index (κ2) is 14.2. The minimum absolute atomic E-state index is 0.0154. The average Bonchev–Trinajstić information content (AvgIpc) is 3.01. The van der Waals surface area contributed by atoms with Crippen molar-refractivity contribution in [2.24, 2.45) is 0 Å². The van der Waals surface area contributed by atoms with Crippen molar-refractivity contribution in [3.8, 4) is 0 Å². The van der Waals surface area contributed by atoms with E-state index in [-0.39, 0.29) is 30.2 Å². The van der Waals surface area contributed by atoms with Crippen LogP contribution in [0.5, 0.6) is 0 Å². The van der Waals surface area contributed by atoms with Gasteiger partial charge in [0.05, 0.1) is 36.4 Å². The molecule has 2 aliphatic heterocycles. The summed E-state index contributed by atoms with van der Waals surface area (Å²) in [5.41, 5.74) is -5.36. The summed E-state index contributed by atoms with van der Waals surface area (Å²) in [7, 11) is 0.854. The summed E-state index contributed by atoms with van der Waals surface area (Å²) in [6.45, 7) is -1.35. The SMILES string of the molecule is COC(=O)N(Cc1cc(C(F)(F)F)cc(C(F)(F)F)c1)[C@H]1CC(CCOC2OC(C(=O)O)C(O)C(O)C2O)Nc2ccc(C(F)(F)F)cc21. The number of halogens is 9. The van der Waals surface area contributed by atoms with Gasteiger partial charge >= 0.3 is 30.6 Å². The van der Waals surface area contributed by atoms with E-state index in [0.29, 0.717) is 29.2 Å². The maximum atomic E-state index is 13.7. The van der Waals surface area contributed by atoms with Crippen LogP contribution in [0.4, 0.5) is 50.0 Å². The Morgan fingerprint density at radius 1 is 0.878 bits per heavy atom. The van der Waals surface area contributed by atoms with Gasteiger partial charge < -0.3 is 40.0 Å². The van der Waals surface area contributed by atoms with Crippen LogP contribution in [0, 0.1) is 0 Å². The number of nitrogens with zero attached hydrogens (tertiary/aromatic N) is 1. The van der Waals surface area contributed by atoms with Crippen LogP contribution in [-0.4, -0.2) is 87.9 Å². The minimum Gasteiger partial charge on any atom is -0.479 e. The number of carbonyl (C=O) groups excluding carboxylic acids is 1. The molecule has 5 N–H and O–H groups in total. The highest BCUT2D eigenvalue weighted by Gasteiger charge is 2.48. The predicted octanol–water partition coefficient (Wildman–Crippen LogP) is 4.54. The Morgan fingerprint density at radius 2 is 1.47 bits per heavy atom. The van der Waals surface area contributed by atoms with Gasteiger partial charge in [0, 0.05) is 18.3 Å². The molecular formula is C29H29F9N2O9. The largest absolute Gasteiger partial charge is 0.479 e. The van der Waals surface area contributed by atoms with Gasteiger partial charge in [-0.25, -0.2) is 9.59 Å². The van der Waals surface area contributed by atoms with Crippen molar-refractivity contribution in [1.82, 2.24) is 4.90 Å². The minimum atomic E-state index is -5.23. The van der Waals surface area contributed by atoms with E-state index in [0.717, 1.165) is 13.2 Å². The van der Waals surface area contributed by atoms with E-state index in [2.05, 4.69) is 5.32 Å². The highest BCUT2D eigenvalue weighted by atomic mass is 19.4. The second-order valence-electron chi connectivity index (χ2n) is 11.3. The van der Waals surface area contributed by atoms with Crippen LogP contribution in [0.15, 0.2) is 36.4 Å². The number of nitrogens with one attached hydrogen (secondary N) is 1. The normalized spacial score (nSPS) is 26.0. The smallest absolute Gasteiger partial charge is 0.416 e. The topological polar surface area (TPSA) is 158 Å².